The molecule has 0 amide bonds. The van der Waals surface area contributed by atoms with Crippen LogP contribution in [0.5, 0.6) is 23.5 Å². The molecule has 0 aliphatic heterocycles. The number of carbonyl (C=O) groups excluding carboxylic acids is 1. The summed E-state index contributed by atoms with van der Waals surface area (Å²) in [6.07, 6.45) is 0. The van der Waals surface area contributed by atoms with Crippen molar-refractivity contribution in [3.63, 3.8) is 0 Å². The summed E-state index contributed by atoms with van der Waals surface area (Å²) in [4.78, 5) is 26.4. The molecule has 26 heavy (non-hydrogen) atoms. The zero-order valence-electron chi connectivity index (χ0n) is 15.2. The van der Waals surface area contributed by atoms with Gasteiger partial charge in [-0.25, -0.2) is 9.78 Å². The number of rotatable bonds is 8. The van der Waals surface area contributed by atoms with E-state index in [0.717, 1.165) is 0 Å². The molecule has 140 valence electrons. The molecule has 0 spiro atoms. The summed E-state index contributed by atoms with van der Waals surface area (Å²) >= 11 is 0. The molecule has 0 fully saturated rings. The summed E-state index contributed by atoms with van der Waals surface area (Å²) < 4.78 is 25.5. The van der Waals surface area contributed by atoms with Crippen molar-refractivity contribution in [1.29, 1.82) is 0 Å². The number of pyridine rings is 1. The highest BCUT2D eigenvalue weighted by molar-refractivity contribution is 5.90. The zero-order chi connectivity index (χ0) is 19.1. The first-order chi connectivity index (χ1) is 12.5. The molecule has 0 aromatic carbocycles. The van der Waals surface area contributed by atoms with Crippen LogP contribution in [-0.4, -0.2) is 63.1 Å². The van der Waals surface area contributed by atoms with Crippen LogP contribution >= 0.6 is 0 Å². The van der Waals surface area contributed by atoms with Gasteiger partial charge >= 0.3 is 12.0 Å². The van der Waals surface area contributed by atoms with Crippen molar-refractivity contribution in [2.24, 2.45) is 0 Å². The molecule has 0 atom stereocenters. The van der Waals surface area contributed by atoms with Crippen LogP contribution in [0, 0.1) is 0 Å². The number of hydrogen-bond acceptors (Lipinski definition) is 10. The highest BCUT2D eigenvalue weighted by Gasteiger charge is 2.20. The van der Waals surface area contributed by atoms with Gasteiger partial charge in [0.15, 0.2) is 18.2 Å². The number of nitrogens with zero attached hydrogens (tertiary/aromatic N) is 4. The summed E-state index contributed by atoms with van der Waals surface area (Å²) in [6.45, 7) is -0.213. The lowest BCUT2D eigenvalue weighted by atomic mass is 10.3. The smallest absolute Gasteiger partial charge is 0.363 e. The maximum atomic E-state index is 12.3. The molecule has 10 nitrogen and oxygen atoms in total. The van der Waals surface area contributed by atoms with Crippen molar-refractivity contribution in [2.75, 3.05) is 47.1 Å². The van der Waals surface area contributed by atoms with E-state index in [9.17, 15) is 4.79 Å². The van der Waals surface area contributed by atoms with Crippen molar-refractivity contribution in [3.05, 3.63) is 23.9 Å². The summed E-state index contributed by atoms with van der Waals surface area (Å²) in [5.74, 6) is 0.444. The Kier molecular flexibility index (Phi) is 6.50. The first kappa shape index (κ1) is 19.2. The maximum Gasteiger partial charge on any atom is 0.363 e. The van der Waals surface area contributed by atoms with Crippen LogP contribution in [-0.2, 0) is 9.47 Å². The van der Waals surface area contributed by atoms with Gasteiger partial charge < -0.3 is 28.6 Å². The van der Waals surface area contributed by atoms with E-state index in [1.165, 1.54) is 27.4 Å². The number of esters is 1. The van der Waals surface area contributed by atoms with Gasteiger partial charge in [-0.1, -0.05) is 0 Å². The van der Waals surface area contributed by atoms with E-state index in [1.54, 1.807) is 31.1 Å². The minimum atomic E-state index is -0.708. The van der Waals surface area contributed by atoms with E-state index >= 15 is 0 Å². The third-order valence-corrected chi connectivity index (χ3v) is 3.08. The predicted octanol–water partition coefficient (Wildman–Crippen LogP) is 1.51. The fourth-order valence-electron chi connectivity index (χ4n) is 1.83. The van der Waals surface area contributed by atoms with E-state index in [4.69, 9.17) is 23.7 Å². The molecule has 0 saturated heterocycles. The largest absolute Gasteiger partial charge is 0.481 e. The summed E-state index contributed by atoms with van der Waals surface area (Å²) in [6, 6.07) is 4.68. The van der Waals surface area contributed by atoms with Gasteiger partial charge in [0.05, 0.1) is 20.3 Å². The summed E-state index contributed by atoms with van der Waals surface area (Å²) in [5, 5.41) is 0. The standard InChI is InChI=1S/C16H20N4O6/c1-20(2)11-7-6-10(14(17-11)15(21)25-9-22-3)26-16-18-12(23-4)8-13(19-16)24-5/h6-8H,9H2,1-5H3. The molecule has 0 unspecified atom stereocenters. The monoisotopic (exact) mass is 364 g/mol. The van der Waals surface area contributed by atoms with Gasteiger partial charge in [-0.15, -0.1) is 0 Å². The first-order valence-corrected chi connectivity index (χ1v) is 7.47. The van der Waals surface area contributed by atoms with Crippen molar-refractivity contribution in [2.45, 2.75) is 0 Å². The number of aromatic nitrogens is 3. The Balaban J connectivity index is 2.40. The molecular formula is C16H20N4O6. The third kappa shape index (κ3) is 4.70. The number of methoxy groups -OCH3 is 3. The van der Waals surface area contributed by atoms with Gasteiger partial charge in [-0.05, 0) is 12.1 Å². The van der Waals surface area contributed by atoms with Crippen molar-refractivity contribution >= 4 is 11.8 Å². The van der Waals surface area contributed by atoms with Crippen LogP contribution in [0.2, 0.25) is 0 Å². The average Bonchev–Trinajstić information content (AvgIpc) is 2.65. The lowest BCUT2D eigenvalue weighted by Gasteiger charge is -2.15. The van der Waals surface area contributed by atoms with Crippen molar-refractivity contribution < 1.29 is 28.5 Å². The quantitative estimate of drug-likeness (QED) is 0.505. The predicted molar refractivity (Wildman–Crippen MR) is 91.1 cm³/mol. The Bertz CT molecular complexity index is 746. The second-order valence-corrected chi connectivity index (χ2v) is 5.09. The van der Waals surface area contributed by atoms with Gasteiger partial charge in [0.2, 0.25) is 11.8 Å². The molecule has 0 N–H and O–H groups in total. The lowest BCUT2D eigenvalue weighted by molar-refractivity contribution is -0.0131. The minimum Gasteiger partial charge on any atom is -0.481 e. The molecular weight excluding hydrogens is 344 g/mol. The maximum absolute atomic E-state index is 12.3. The van der Waals surface area contributed by atoms with Crippen LogP contribution in [0.25, 0.3) is 0 Å². The highest BCUT2D eigenvalue weighted by atomic mass is 16.7. The Hall–Kier alpha value is -3.14. The average molecular weight is 364 g/mol. The lowest BCUT2D eigenvalue weighted by Crippen LogP contribution is -2.16. The van der Waals surface area contributed by atoms with E-state index in [2.05, 4.69) is 15.0 Å². The van der Waals surface area contributed by atoms with Crippen molar-refractivity contribution in [3.8, 4) is 23.5 Å². The van der Waals surface area contributed by atoms with Gasteiger partial charge in [0, 0.05) is 21.2 Å². The Morgan fingerprint density at radius 1 is 1.04 bits per heavy atom. The number of anilines is 1. The SMILES string of the molecule is COCOC(=O)c1nc(N(C)C)ccc1Oc1nc(OC)cc(OC)n1. The normalized spacial score (nSPS) is 10.2. The van der Waals surface area contributed by atoms with Crippen LogP contribution in [0.15, 0.2) is 18.2 Å². The highest BCUT2D eigenvalue weighted by Crippen LogP contribution is 2.27. The number of carbonyl (C=O) groups is 1. The van der Waals surface area contributed by atoms with E-state index in [-0.39, 0.29) is 36.0 Å². The first-order valence-electron chi connectivity index (χ1n) is 7.47. The second kappa shape index (κ2) is 8.81. The van der Waals surface area contributed by atoms with Gasteiger partial charge in [-0.2, -0.15) is 9.97 Å². The molecule has 0 bridgehead atoms. The van der Waals surface area contributed by atoms with Gasteiger partial charge in [0.25, 0.3) is 0 Å². The summed E-state index contributed by atoms with van der Waals surface area (Å²) in [7, 11) is 7.90. The Morgan fingerprint density at radius 3 is 2.23 bits per heavy atom. The van der Waals surface area contributed by atoms with E-state index in [1.807, 2.05) is 0 Å². The molecule has 2 aromatic heterocycles. The molecule has 0 radical (unpaired) electrons. The molecule has 0 saturated carbocycles. The molecule has 0 aliphatic carbocycles. The molecule has 10 heteroatoms. The van der Waals surface area contributed by atoms with E-state index in [0.29, 0.717) is 5.82 Å². The summed E-state index contributed by atoms with van der Waals surface area (Å²) in [5.41, 5.74) is -0.0429. The minimum absolute atomic E-state index is 0.0429. The number of hydrogen-bond donors (Lipinski definition) is 0. The molecule has 2 rings (SSSR count). The third-order valence-electron chi connectivity index (χ3n) is 3.08. The van der Waals surface area contributed by atoms with Gasteiger partial charge in [0.1, 0.15) is 5.82 Å². The van der Waals surface area contributed by atoms with Crippen LogP contribution in [0.4, 0.5) is 5.82 Å². The fourth-order valence-corrected chi connectivity index (χ4v) is 1.83. The zero-order valence-corrected chi connectivity index (χ0v) is 15.2. The Labute approximate surface area is 150 Å². The molecule has 2 heterocycles. The van der Waals surface area contributed by atoms with E-state index < -0.39 is 5.97 Å². The molecule has 2 aromatic rings. The van der Waals surface area contributed by atoms with Gasteiger partial charge in [-0.3, -0.25) is 0 Å². The molecule has 0 aliphatic rings. The van der Waals surface area contributed by atoms with Crippen molar-refractivity contribution in [1.82, 2.24) is 15.0 Å². The van der Waals surface area contributed by atoms with Crippen LogP contribution < -0.4 is 19.1 Å². The topological polar surface area (TPSA) is 105 Å². The fraction of sp³-hybridized carbons (Fsp3) is 0.375. The number of ether oxygens (including phenoxy) is 5. The second-order valence-electron chi connectivity index (χ2n) is 5.09. The van der Waals surface area contributed by atoms with Crippen LogP contribution in [0.3, 0.4) is 0 Å². The Morgan fingerprint density at radius 2 is 1.69 bits per heavy atom. The van der Waals surface area contributed by atoms with Crippen LogP contribution in [0.1, 0.15) is 10.5 Å².